The van der Waals surface area contributed by atoms with Crippen molar-refractivity contribution in [1.29, 1.82) is 0 Å². The molecule has 9 rings (SSSR count). The van der Waals surface area contributed by atoms with Gasteiger partial charge >= 0.3 is 36.1 Å². The summed E-state index contributed by atoms with van der Waals surface area (Å²) in [6, 6.07) is 23.1. The van der Waals surface area contributed by atoms with E-state index in [1.165, 1.54) is 72.0 Å². The number of alkyl halides is 6. The average Bonchev–Trinajstić information content (AvgIpc) is 4.40. The summed E-state index contributed by atoms with van der Waals surface area (Å²) in [6.07, 6.45) is -7.64. The zero-order valence-electron chi connectivity index (χ0n) is 43.6. The van der Waals surface area contributed by atoms with Crippen molar-refractivity contribution in [2.24, 2.45) is 14.1 Å². The molecule has 2 unspecified atom stereocenters. The predicted molar refractivity (Wildman–Crippen MR) is 283 cm³/mol. The van der Waals surface area contributed by atoms with Crippen LogP contribution in [-0.4, -0.2) is 87.7 Å². The van der Waals surface area contributed by atoms with Crippen molar-refractivity contribution in [3.63, 3.8) is 0 Å². The van der Waals surface area contributed by atoms with Crippen LogP contribution < -0.4 is 41.4 Å². The van der Waals surface area contributed by atoms with Crippen LogP contribution in [0.1, 0.15) is 50.7 Å². The first-order valence-corrected chi connectivity index (χ1v) is 25.5. The lowest BCUT2D eigenvalue weighted by Crippen LogP contribution is -2.42. The number of hydrogen-bond donors (Lipinski definition) is 1. The smallest absolute Gasteiger partial charge is 0.425 e. The van der Waals surface area contributed by atoms with Gasteiger partial charge in [-0.15, -0.1) is 26.3 Å². The Bertz CT molecular complexity index is 3660. The lowest BCUT2D eigenvalue weighted by Gasteiger charge is -2.15. The first-order valence-electron chi connectivity index (χ1n) is 24.7. The molecule has 4 aromatic heterocycles. The normalized spacial score (nSPS) is 13.3. The Labute approximate surface area is 461 Å². The fourth-order valence-electron chi connectivity index (χ4n) is 8.12. The second-order valence-corrected chi connectivity index (χ2v) is 18.8. The van der Waals surface area contributed by atoms with E-state index in [2.05, 4.69) is 19.4 Å². The highest BCUT2D eigenvalue weighted by Crippen LogP contribution is 2.32. The molecular weight excluding hydrogens is 1110 g/mol. The molecule has 0 bridgehead atoms. The zero-order valence-corrected chi connectivity index (χ0v) is 45.1. The molecule has 2 atom stereocenters. The molecule has 19 nitrogen and oxygen atoms in total. The number of hydrogen-bond acceptors (Lipinski definition) is 13. The number of benzene rings is 4. The third kappa shape index (κ3) is 15.2. The van der Waals surface area contributed by atoms with Gasteiger partial charge in [-0.1, -0.05) is 73.4 Å². The molecule has 1 aliphatic heterocycles. The van der Waals surface area contributed by atoms with Gasteiger partial charge in [-0.2, -0.15) is 9.97 Å². The molecule has 4 aromatic carbocycles. The maximum Gasteiger partial charge on any atom is 0.573 e. The number of nitrogens with zero attached hydrogens (tertiary/aromatic N) is 8. The number of aromatic nitrogens is 8. The van der Waals surface area contributed by atoms with Crippen LogP contribution in [0.15, 0.2) is 116 Å². The summed E-state index contributed by atoms with van der Waals surface area (Å²) < 4.78 is 113. The van der Waals surface area contributed by atoms with Crippen LogP contribution in [0.4, 0.5) is 26.3 Å². The molecule has 428 valence electrons. The molecule has 1 fully saturated rings. The SMILES string of the molecule is C1CCOC1.CCC(Cn1c(=O)c2c(nc(Oc3cccc(OC(F)(F)F)c3)n2Cc2ccc(Cl)cc2)n(C)c1=O)OC.CCC(O)Cn1c(=O)c2c(nc(Oc3cccc(OC(F)(F)F)c3)n2Cc2ccc(Cl)cc2)n(C)c1=O. The van der Waals surface area contributed by atoms with E-state index >= 15 is 0 Å². The minimum Gasteiger partial charge on any atom is -0.425 e. The first kappa shape index (κ1) is 60.1. The molecule has 1 aliphatic rings. The van der Waals surface area contributed by atoms with Gasteiger partial charge in [0.25, 0.3) is 11.1 Å². The van der Waals surface area contributed by atoms with Gasteiger partial charge < -0.3 is 33.5 Å². The maximum absolute atomic E-state index is 13.6. The second kappa shape index (κ2) is 26.1. The minimum atomic E-state index is -4.90. The van der Waals surface area contributed by atoms with Gasteiger partial charge in [0, 0.05) is 56.6 Å². The summed E-state index contributed by atoms with van der Waals surface area (Å²) in [6.45, 7) is 5.54. The van der Waals surface area contributed by atoms with Crippen LogP contribution in [0, 0.1) is 0 Å². The van der Waals surface area contributed by atoms with Crippen LogP contribution in [0.25, 0.3) is 22.3 Å². The summed E-state index contributed by atoms with van der Waals surface area (Å²) in [5, 5.41) is 11.1. The predicted octanol–water partition coefficient (Wildman–Crippen LogP) is 9.57. The molecule has 27 heteroatoms. The molecule has 1 N–H and O–H groups in total. The van der Waals surface area contributed by atoms with E-state index in [1.54, 1.807) is 55.5 Å². The summed E-state index contributed by atoms with van der Waals surface area (Å²) >= 11 is 12.0. The fraction of sp³-hybridized carbons (Fsp3) is 0.358. The molecule has 8 aromatic rings. The van der Waals surface area contributed by atoms with Crippen LogP contribution in [0.3, 0.4) is 0 Å². The van der Waals surface area contributed by atoms with Gasteiger partial charge in [-0.05, 0) is 85.3 Å². The molecule has 0 saturated carbocycles. The number of imidazole rings is 2. The van der Waals surface area contributed by atoms with E-state index in [4.69, 9.17) is 42.1 Å². The number of fused-ring (bicyclic) bond motifs is 2. The van der Waals surface area contributed by atoms with Gasteiger partial charge in [0.15, 0.2) is 22.3 Å². The maximum atomic E-state index is 13.6. The van der Waals surface area contributed by atoms with Crippen molar-refractivity contribution in [1.82, 2.24) is 37.4 Å². The topological polar surface area (TPSA) is 199 Å². The molecular formula is C53H54Cl2F6N8O11. The lowest BCUT2D eigenvalue weighted by atomic mass is 10.2. The van der Waals surface area contributed by atoms with Crippen molar-refractivity contribution in [2.45, 2.75) is 90.6 Å². The molecule has 1 saturated heterocycles. The lowest BCUT2D eigenvalue weighted by molar-refractivity contribution is -0.275. The Morgan fingerprint density at radius 3 is 1.35 bits per heavy atom. The Morgan fingerprint density at radius 1 is 0.600 bits per heavy atom. The first-order chi connectivity index (χ1) is 38.0. The zero-order chi connectivity index (χ0) is 58.1. The number of methoxy groups -OCH3 is 1. The summed E-state index contributed by atoms with van der Waals surface area (Å²) in [5.74, 6) is -1.06. The molecule has 0 radical (unpaired) electrons. The van der Waals surface area contributed by atoms with E-state index in [-0.39, 0.29) is 78.1 Å². The highest BCUT2D eigenvalue weighted by molar-refractivity contribution is 6.30. The van der Waals surface area contributed by atoms with Gasteiger partial charge in [0.1, 0.15) is 23.0 Å². The molecule has 0 aliphatic carbocycles. The highest BCUT2D eigenvalue weighted by Gasteiger charge is 2.33. The van der Waals surface area contributed by atoms with Crippen LogP contribution in [-0.2, 0) is 49.7 Å². The monoisotopic (exact) mass is 1160 g/mol. The van der Waals surface area contributed by atoms with Crippen molar-refractivity contribution >= 4 is 45.5 Å². The number of rotatable bonds is 17. The Morgan fingerprint density at radius 2 is 1.00 bits per heavy atom. The van der Waals surface area contributed by atoms with Crippen molar-refractivity contribution in [3.8, 4) is 35.0 Å². The van der Waals surface area contributed by atoms with Gasteiger partial charge in [0.05, 0.1) is 38.4 Å². The highest BCUT2D eigenvalue weighted by atomic mass is 35.5. The quantitative estimate of drug-likeness (QED) is 0.0847. The third-order valence-electron chi connectivity index (χ3n) is 12.3. The molecule has 80 heavy (non-hydrogen) atoms. The van der Waals surface area contributed by atoms with Crippen LogP contribution >= 0.6 is 23.2 Å². The van der Waals surface area contributed by atoms with E-state index < -0.39 is 52.8 Å². The largest absolute Gasteiger partial charge is 0.573 e. The summed E-state index contributed by atoms with van der Waals surface area (Å²) in [7, 11) is 4.38. The number of aliphatic hydroxyl groups excluding tert-OH is 1. The summed E-state index contributed by atoms with van der Waals surface area (Å²) in [4.78, 5) is 61.7. The van der Waals surface area contributed by atoms with Crippen molar-refractivity contribution < 1.29 is 59.9 Å². The van der Waals surface area contributed by atoms with Crippen LogP contribution in [0.2, 0.25) is 10.0 Å². The van der Waals surface area contributed by atoms with E-state index in [1.807, 2.05) is 6.92 Å². The van der Waals surface area contributed by atoms with Crippen LogP contribution in [0.5, 0.6) is 35.0 Å². The van der Waals surface area contributed by atoms with Crippen molar-refractivity contribution in [3.05, 3.63) is 160 Å². The number of aryl methyl sites for hydroxylation is 2. The van der Waals surface area contributed by atoms with E-state index in [9.17, 15) is 50.6 Å². The Hall–Kier alpha value is -7.58. The summed E-state index contributed by atoms with van der Waals surface area (Å²) in [5.41, 5.74) is -1.01. The second-order valence-electron chi connectivity index (χ2n) is 18.0. The molecule has 5 heterocycles. The number of halogens is 8. The van der Waals surface area contributed by atoms with E-state index in [0.29, 0.717) is 28.5 Å². The minimum absolute atomic E-state index is 0.00361. The van der Waals surface area contributed by atoms with E-state index in [0.717, 1.165) is 56.7 Å². The molecule has 0 spiro atoms. The van der Waals surface area contributed by atoms with Gasteiger partial charge in [-0.25, -0.2) is 9.59 Å². The fourth-order valence-corrected chi connectivity index (χ4v) is 8.38. The van der Waals surface area contributed by atoms with Gasteiger partial charge in [-0.3, -0.25) is 37.0 Å². The average molecular weight is 1160 g/mol. The number of ether oxygens (including phenoxy) is 6. The third-order valence-corrected chi connectivity index (χ3v) is 12.8. The standard InChI is InChI=1S/C25H24ClF3N4O5.C24H22ClF3N4O5.C4H8O/c1-4-17(36-3)14-33-22(34)20-21(31(2)24(33)35)30-23(32(20)13-15-8-10-16(26)11-9-15)37-18-6-5-7-19(12-18)38-25(27,28)29;1-3-16(33)13-32-21(34)19-20(30(2)23(32)35)29-22(31(19)12-14-7-9-15(25)10-8-14)36-17-5-4-6-18(11-17)37-24(26,27)28;1-2-4-5-3-1/h5-12,17H,4,13-14H2,1-3H3;4-11,16,33H,3,12-13H2,1-2H3;1-4H2. The number of aliphatic hydroxyl groups is 1. The molecule has 0 amide bonds. The Balaban J connectivity index is 0.000000212. The van der Waals surface area contributed by atoms with Crippen molar-refractivity contribution in [2.75, 3.05) is 20.3 Å². The van der Waals surface area contributed by atoms with Gasteiger partial charge in [0.2, 0.25) is 0 Å². The Kier molecular flexibility index (Phi) is 19.6.